The SMILES string of the molecule is N#Cc1cccc(C(=O)Nc2cc(-c3ccsc3)[nH]n2)c1. The Labute approximate surface area is 124 Å². The van der Waals surface area contributed by atoms with Gasteiger partial charge in [-0.3, -0.25) is 9.89 Å². The van der Waals surface area contributed by atoms with Crippen molar-refractivity contribution in [2.75, 3.05) is 5.32 Å². The second kappa shape index (κ2) is 5.61. The Balaban J connectivity index is 1.77. The first-order valence-corrected chi connectivity index (χ1v) is 7.10. The maximum absolute atomic E-state index is 12.1. The molecule has 1 amide bonds. The number of anilines is 1. The smallest absolute Gasteiger partial charge is 0.256 e. The number of rotatable bonds is 3. The van der Waals surface area contributed by atoms with E-state index in [1.165, 1.54) is 0 Å². The highest BCUT2D eigenvalue weighted by Gasteiger charge is 2.10. The Kier molecular flexibility index (Phi) is 3.50. The van der Waals surface area contributed by atoms with Crippen LogP contribution in [0.15, 0.2) is 47.2 Å². The summed E-state index contributed by atoms with van der Waals surface area (Å²) < 4.78 is 0. The highest BCUT2D eigenvalue weighted by Crippen LogP contribution is 2.22. The van der Waals surface area contributed by atoms with Crippen molar-refractivity contribution < 1.29 is 4.79 Å². The maximum Gasteiger partial charge on any atom is 0.256 e. The molecule has 0 aliphatic carbocycles. The van der Waals surface area contributed by atoms with Crippen molar-refractivity contribution in [2.24, 2.45) is 0 Å². The van der Waals surface area contributed by atoms with E-state index in [1.807, 2.05) is 22.9 Å². The minimum absolute atomic E-state index is 0.296. The molecule has 6 heteroatoms. The topological polar surface area (TPSA) is 81.6 Å². The summed E-state index contributed by atoms with van der Waals surface area (Å²) in [7, 11) is 0. The molecule has 0 aliphatic heterocycles. The molecule has 0 saturated heterocycles. The van der Waals surface area contributed by atoms with Gasteiger partial charge in [0.25, 0.3) is 5.91 Å². The van der Waals surface area contributed by atoms with E-state index in [4.69, 9.17) is 5.26 Å². The van der Waals surface area contributed by atoms with Crippen LogP contribution in [0.1, 0.15) is 15.9 Å². The van der Waals surface area contributed by atoms with Gasteiger partial charge in [-0.05, 0) is 29.6 Å². The molecule has 0 spiro atoms. The largest absolute Gasteiger partial charge is 0.305 e. The number of carbonyl (C=O) groups excluding carboxylic acids is 1. The van der Waals surface area contributed by atoms with Crippen LogP contribution >= 0.6 is 11.3 Å². The lowest BCUT2D eigenvalue weighted by Gasteiger charge is -2.01. The second-order valence-corrected chi connectivity index (χ2v) is 5.11. The molecule has 3 rings (SSSR count). The molecule has 0 aliphatic rings. The zero-order chi connectivity index (χ0) is 14.7. The number of hydrogen-bond acceptors (Lipinski definition) is 4. The van der Waals surface area contributed by atoms with E-state index >= 15 is 0 Å². The highest BCUT2D eigenvalue weighted by atomic mass is 32.1. The summed E-state index contributed by atoms with van der Waals surface area (Å²) in [5, 5.41) is 22.5. The molecule has 1 aromatic carbocycles. The number of nitrogens with one attached hydrogen (secondary N) is 2. The van der Waals surface area contributed by atoms with Gasteiger partial charge in [-0.25, -0.2) is 0 Å². The predicted molar refractivity (Wildman–Crippen MR) is 81.0 cm³/mol. The van der Waals surface area contributed by atoms with Crippen LogP contribution in [0, 0.1) is 11.3 Å². The van der Waals surface area contributed by atoms with Crippen LogP contribution in [0.4, 0.5) is 5.82 Å². The van der Waals surface area contributed by atoms with Crippen molar-refractivity contribution in [3.05, 3.63) is 58.3 Å². The number of aromatic nitrogens is 2. The Morgan fingerprint density at radius 2 is 2.24 bits per heavy atom. The number of H-pyrrole nitrogens is 1. The van der Waals surface area contributed by atoms with E-state index in [-0.39, 0.29) is 5.91 Å². The Hall–Kier alpha value is -2.91. The van der Waals surface area contributed by atoms with Gasteiger partial charge >= 0.3 is 0 Å². The molecule has 0 saturated carbocycles. The fourth-order valence-electron chi connectivity index (χ4n) is 1.87. The lowest BCUT2D eigenvalue weighted by molar-refractivity contribution is 0.102. The first-order chi connectivity index (χ1) is 10.3. The Morgan fingerprint density at radius 1 is 1.33 bits per heavy atom. The number of thiophene rings is 1. The zero-order valence-corrected chi connectivity index (χ0v) is 11.6. The maximum atomic E-state index is 12.1. The van der Waals surface area contributed by atoms with Crippen molar-refractivity contribution in [3.8, 4) is 17.3 Å². The van der Waals surface area contributed by atoms with Gasteiger partial charge in [0.2, 0.25) is 0 Å². The average Bonchev–Trinajstić information content (AvgIpc) is 3.18. The van der Waals surface area contributed by atoms with E-state index in [1.54, 1.807) is 41.7 Å². The van der Waals surface area contributed by atoms with E-state index in [0.717, 1.165) is 11.3 Å². The fourth-order valence-corrected chi connectivity index (χ4v) is 2.53. The summed E-state index contributed by atoms with van der Waals surface area (Å²) >= 11 is 1.59. The van der Waals surface area contributed by atoms with E-state index in [2.05, 4.69) is 15.5 Å². The molecule has 3 aromatic rings. The summed E-state index contributed by atoms with van der Waals surface area (Å²) in [6.45, 7) is 0. The minimum Gasteiger partial charge on any atom is -0.305 e. The van der Waals surface area contributed by atoms with Gasteiger partial charge < -0.3 is 5.32 Å². The molecule has 0 radical (unpaired) electrons. The van der Waals surface area contributed by atoms with Crippen molar-refractivity contribution in [1.29, 1.82) is 5.26 Å². The van der Waals surface area contributed by atoms with Crippen molar-refractivity contribution in [1.82, 2.24) is 10.2 Å². The van der Waals surface area contributed by atoms with Gasteiger partial charge in [-0.2, -0.15) is 21.7 Å². The summed E-state index contributed by atoms with van der Waals surface area (Å²) in [6, 6.07) is 12.3. The molecule has 0 atom stereocenters. The van der Waals surface area contributed by atoms with Crippen LogP contribution in [-0.2, 0) is 0 Å². The summed E-state index contributed by atoms with van der Waals surface area (Å²) in [5.74, 6) is 0.152. The highest BCUT2D eigenvalue weighted by molar-refractivity contribution is 7.08. The van der Waals surface area contributed by atoms with E-state index in [0.29, 0.717) is 16.9 Å². The van der Waals surface area contributed by atoms with Crippen LogP contribution in [0.25, 0.3) is 11.3 Å². The van der Waals surface area contributed by atoms with Gasteiger partial charge in [0.15, 0.2) is 5.82 Å². The summed E-state index contributed by atoms with van der Waals surface area (Å²) in [6.07, 6.45) is 0. The lowest BCUT2D eigenvalue weighted by Crippen LogP contribution is -2.12. The third-order valence-corrected chi connectivity index (χ3v) is 3.59. The molecular weight excluding hydrogens is 284 g/mol. The van der Waals surface area contributed by atoms with Gasteiger partial charge in [-0.1, -0.05) is 6.07 Å². The summed E-state index contributed by atoms with van der Waals surface area (Å²) in [4.78, 5) is 12.1. The minimum atomic E-state index is -0.296. The number of benzene rings is 1. The van der Waals surface area contributed by atoms with E-state index in [9.17, 15) is 4.79 Å². The van der Waals surface area contributed by atoms with Crippen molar-refractivity contribution in [2.45, 2.75) is 0 Å². The predicted octanol–water partition coefficient (Wildman–Crippen LogP) is 3.26. The first-order valence-electron chi connectivity index (χ1n) is 6.16. The third-order valence-electron chi connectivity index (χ3n) is 2.91. The molecule has 0 bridgehead atoms. The number of nitriles is 1. The van der Waals surface area contributed by atoms with Crippen molar-refractivity contribution >= 4 is 23.1 Å². The molecular formula is C15H10N4OS. The van der Waals surface area contributed by atoms with Crippen LogP contribution < -0.4 is 5.32 Å². The van der Waals surface area contributed by atoms with Crippen LogP contribution in [-0.4, -0.2) is 16.1 Å². The molecule has 0 unspecified atom stereocenters. The normalized spacial score (nSPS) is 10.0. The average molecular weight is 294 g/mol. The fraction of sp³-hybridized carbons (Fsp3) is 0. The van der Waals surface area contributed by atoms with Gasteiger partial charge in [0, 0.05) is 22.6 Å². The molecule has 21 heavy (non-hydrogen) atoms. The number of hydrogen-bond donors (Lipinski definition) is 2. The lowest BCUT2D eigenvalue weighted by atomic mass is 10.1. The zero-order valence-electron chi connectivity index (χ0n) is 10.8. The van der Waals surface area contributed by atoms with Gasteiger partial charge in [0.1, 0.15) is 0 Å². The van der Waals surface area contributed by atoms with Crippen LogP contribution in [0.3, 0.4) is 0 Å². The monoisotopic (exact) mass is 294 g/mol. The Morgan fingerprint density at radius 3 is 3.00 bits per heavy atom. The Bertz CT molecular complexity index is 814. The molecule has 0 fully saturated rings. The van der Waals surface area contributed by atoms with E-state index < -0.39 is 0 Å². The standard InChI is InChI=1S/C15H10N4OS/c16-8-10-2-1-3-11(6-10)15(20)17-14-7-13(18-19-14)12-4-5-21-9-12/h1-7,9H,(H2,17,18,19,20). The number of carbonyl (C=O) groups is 1. The van der Waals surface area contributed by atoms with Crippen molar-refractivity contribution in [3.63, 3.8) is 0 Å². The van der Waals surface area contributed by atoms with Gasteiger partial charge in [-0.15, -0.1) is 0 Å². The summed E-state index contributed by atoms with van der Waals surface area (Å²) in [5.41, 5.74) is 2.74. The first kappa shape index (κ1) is 13.1. The quantitative estimate of drug-likeness (QED) is 0.778. The van der Waals surface area contributed by atoms with Gasteiger partial charge in [0.05, 0.1) is 17.3 Å². The number of nitrogens with zero attached hydrogens (tertiary/aromatic N) is 2. The molecule has 5 nitrogen and oxygen atoms in total. The number of aromatic amines is 1. The van der Waals surface area contributed by atoms with Crippen LogP contribution in [0.5, 0.6) is 0 Å². The van der Waals surface area contributed by atoms with Crippen LogP contribution in [0.2, 0.25) is 0 Å². The molecule has 2 N–H and O–H groups in total. The third kappa shape index (κ3) is 2.83. The number of amides is 1. The molecule has 102 valence electrons. The molecule has 2 heterocycles. The second-order valence-electron chi connectivity index (χ2n) is 4.33. The molecule has 2 aromatic heterocycles.